The fourth-order valence-electron chi connectivity index (χ4n) is 4.15. The molecule has 0 radical (unpaired) electrons. The summed E-state index contributed by atoms with van der Waals surface area (Å²) < 4.78 is 5.99. The molecule has 1 atom stereocenters. The third-order valence-electron chi connectivity index (χ3n) is 5.50. The predicted molar refractivity (Wildman–Crippen MR) is 102 cm³/mol. The molecule has 5 nitrogen and oxygen atoms in total. The lowest BCUT2D eigenvalue weighted by Crippen LogP contribution is -2.71. The number of hydrogen-bond donors (Lipinski definition) is 0. The molecule has 136 valence electrons. The van der Waals surface area contributed by atoms with Crippen LogP contribution in [0, 0.1) is 12.8 Å². The van der Waals surface area contributed by atoms with Crippen molar-refractivity contribution in [3.63, 3.8) is 0 Å². The summed E-state index contributed by atoms with van der Waals surface area (Å²) in [5.74, 6) is 0.665. The first-order valence-corrected chi connectivity index (χ1v) is 10.7. The van der Waals surface area contributed by atoms with Crippen molar-refractivity contribution < 1.29 is 4.74 Å². The standard InChI is InChI=1S/C18H26N4OS2/c1-14-20-16(11-25-14)10-23-9-15-3-5-21(2)18(7-15)12-22(13-18)8-17-19-4-6-24-17/h4,6,11,15H,3,5,7-10,12-13H2,1-2H3. The van der Waals surface area contributed by atoms with Gasteiger partial charge < -0.3 is 4.74 Å². The molecule has 4 rings (SSSR count). The number of likely N-dealkylation sites (N-methyl/N-ethyl adjacent to an activating group) is 1. The van der Waals surface area contributed by atoms with E-state index in [4.69, 9.17) is 4.74 Å². The summed E-state index contributed by atoms with van der Waals surface area (Å²) >= 11 is 3.45. The second-order valence-corrected chi connectivity index (χ2v) is 9.49. The van der Waals surface area contributed by atoms with Crippen LogP contribution in [0.25, 0.3) is 0 Å². The Bertz CT molecular complexity index is 681. The van der Waals surface area contributed by atoms with Gasteiger partial charge in [-0.15, -0.1) is 22.7 Å². The fourth-order valence-corrected chi connectivity index (χ4v) is 5.40. The predicted octanol–water partition coefficient (Wildman–Crippen LogP) is 3.02. The lowest BCUT2D eigenvalue weighted by molar-refractivity contribution is -0.0936. The quantitative estimate of drug-likeness (QED) is 0.773. The van der Waals surface area contributed by atoms with Gasteiger partial charge in [0.15, 0.2) is 0 Å². The van der Waals surface area contributed by atoms with Gasteiger partial charge in [0.25, 0.3) is 0 Å². The molecule has 4 heterocycles. The molecule has 2 fully saturated rings. The third-order valence-corrected chi connectivity index (χ3v) is 7.09. The van der Waals surface area contributed by atoms with Gasteiger partial charge in [0.1, 0.15) is 5.01 Å². The van der Waals surface area contributed by atoms with Crippen molar-refractivity contribution in [1.82, 2.24) is 19.8 Å². The molecule has 0 aromatic carbocycles. The number of likely N-dealkylation sites (tertiary alicyclic amines) is 2. The maximum absolute atomic E-state index is 5.99. The molecule has 2 aliphatic rings. The van der Waals surface area contributed by atoms with Gasteiger partial charge in [-0.3, -0.25) is 9.80 Å². The summed E-state index contributed by atoms with van der Waals surface area (Å²) in [4.78, 5) is 14.0. The second kappa shape index (κ2) is 7.40. The zero-order chi connectivity index (χ0) is 17.3. The number of aromatic nitrogens is 2. The number of hydrogen-bond acceptors (Lipinski definition) is 7. The molecule has 7 heteroatoms. The van der Waals surface area contributed by atoms with E-state index < -0.39 is 0 Å². The Kier molecular flexibility index (Phi) is 5.20. The Morgan fingerprint density at radius 2 is 2.24 bits per heavy atom. The van der Waals surface area contributed by atoms with Crippen LogP contribution < -0.4 is 0 Å². The first-order valence-electron chi connectivity index (χ1n) is 8.94. The molecule has 1 unspecified atom stereocenters. The Labute approximate surface area is 157 Å². The van der Waals surface area contributed by atoms with Crippen LogP contribution in [0.3, 0.4) is 0 Å². The van der Waals surface area contributed by atoms with E-state index in [-0.39, 0.29) is 0 Å². The molecule has 25 heavy (non-hydrogen) atoms. The van der Waals surface area contributed by atoms with E-state index in [1.54, 1.807) is 22.7 Å². The van der Waals surface area contributed by atoms with Gasteiger partial charge in [-0.2, -0.15) is 0 Å². The molecule has 1 spiro atoms. The van der Waals surface area contributed by atoms with Crippen molar-refractivity contribution in [2.24, 2.45) is 5.92 Å². The summed E-state index contributed by atoms with van der Waals surface area (Å²) in [5.41, 5.74) is 1.42. The molecular formula is C18H26N4OS2. The minimum Gasteiger partial charge on any atom is -0.375 e. The summed E-state index contributed by atoms with van der Waals surface area (Å²) in [5, 5.41) is 6.52. The molecule has 2 aliphatic heterocycles. The summed E-state index contributed by atoms with van der Waals surface area (Å²) in [6, 6.07) is 0. The van der Waals surface area contributed by atoms with Crippen LogP contribution in [0.2, 0.25) is 0 Å². The first kappa shape index (κ1) is 17.5. The molecule has 2 aromatic heterocycles. The normalized spacial score (nSPS) is 23.8. The smallest absolute Gasteiger partial charge is 0.107 e. The van der Waals surface area contributed by atoms with E-state index in [9.17, 15) is 0 Å². The van der Waals surface area contributed by atoms with Gasteiger partial charge >= 0.3 is 0 Å². The topological polar surface area (TPSA) is 41.5 Å². The highest BCUT2D eigenvalue weighted by molar-refractivity contribution is 7.09. The number of ether oxygens (including phenoxy) is 1. The van der Waals surface area contributed by atoms with Crippen LogP contribution in [0.1, 0.15) is 28.6 Å². The molecule has 0 bridgehead atoms. The number of aryl methyl sites for hydroxylation is 1. The lowest BCUT2D eigenvalue weighted by Gasteiger charge is -2.58. The number of nitrogens with zero attached hydrogens (tertiary/aromatic N) is 4. The number of thiazole rings is 2. The van der Waals surface area contributed by atoms with E-state index >= 15 is 0 Å². The van der Waals surface area contributed by atoms with E-state index in [0.717, 1.165) is 36.9 Å². The van der Waals surface area contributed by atoms with Crippen molar-refractivity contribution in [3.05, 3.63) is 32.7 Å². The molecule has 0 saturated carbocycles. The van der Waals surface area contributed by atoms with Gasteiger partial charge in [-0.25, -0.2) is 9.97 Å². The van der Waals surface area contributed by atoms with Crippen LogP contribution in [0.4, 0.5) is 0 Å². The SMILES string of the molecule is Cc1nc(COCC2CCN(C)C3(C2)CN(Cc2nccs2)C3)cs1. The molecule has 2 aromatic rings. The Morgan fingerprint density at radius 3 is 2.96 bits per heavy atom. The molecule has 0 N–H and O–H groups in total. The van der Waals surface area contributed by atoms with Crippen LogP contribution in [0.5, 0.6) is 0 Å². The van der Waals surface area contributed by atoms with Gasteiger partial charge in [-0.1, -0.05) is 0 Å². The van der Waals surface area contributed by atoms with Crippen LogP contribution in [0.15, 0.2) is 17.0 Å². The molecule has 0 aliphatic carbocycles. The summed E-state index contributed by atoms with van der Waals surface area (Å²) in [7, 11) is 2.29. The molecule has 2 saturated heterocycles. The maximum Gasteiger partial charge on any atom is 0.107 e. The maximum atomic E-state index is 5.99. The van der Waals surface area contributed by atoms with Crippen molar-refractivity contribution in [2.45, 2.75) is 38.5 Å². The first-order chi connectivity index (χ1) is 12.1. The third kappa shape index (κ3) is 3.95. The van der Waals surface area contributed by atoms with Gasteiger partial charge in [-0.05, 0) is 39.3 Å². The zero-order valence-electron chi connectivity index (χ0n) is 15.0. The zero-order valence-corrected chi connectivity index (χ0v) is 16.6. The van der Waals surface area contributed by atoms with Gasteiger partial charge in [0.05, 0.1) is 30.5 Å². The van der Waals surface area contributed by atoms with E-state index in [1.807, 2.05) is 13.1 Å². The largest absolute Gasteiger partial charge is 0.375 e. The number of rotatable bonds is 6. The minimum absolute atomic E-state index is 0.348. The van der Waals surface area contributed by atoms with E-state index in [1.165, 1.54) is 24.4 Å². The van der Waals surface area contributed by atoms with E-state index in [2.05, 4.69) is 37.6 Å². The number of piperidine rings is 1. The van der Waals surface area contributed by atoms with Crippen LogP contribution >= 0.6 is 22.7 Å². The Morgan fingerprint density at radius 1 is 1.36 bits per heavy atom. The van der Waals surface area contributed by atoms with E-state index in [0.29, 0.717) is 18.1 Å². The molecule has 0 amide bonds. The van der Waals surface area contributed by atoms with Crippen molar-refractivity contribution >= 4 is 22.7 Å². The highest BCUT2D eigenvalue weighted by Gasteiger charge is 2.49. The Balaban J connectivity index is 1.25. The average molecular weight is 379 g/mol. The Hall–Kier alpha value is -0.860. The highest BCUT2D eigenvalue weighted by Crippen LogP contribution is 2.39. The van der Waals surface area contributed by atoms with Gasteiger partial charge in [0.2, 0.25) is 0 Å². The van der Waals surface area contributed by atoms with Crippen molar-refractivity contribution in [3.8, 4) is 0 Å². The lowest BCUT2D eigenvalue weighted by atomic mass is 9.75. The van der Waals surface area contributed by atoms with Crippen LogP contribution in [-0.2, 0) is 17.9 Å². The second-order valence-electron chi connectivity index (χ2n) is 7.45. The molecular weight excluding hydrogens is 352 g/mol. The summed E-state index contributed by atoms with van der Waals surface area (Å²) in [6.07, 6.45) is 4.38. The monoisotopic (exact) mass is 378 g/mol. The van der Waals surface area contributed by atoms with Gasteiger partial charge in [0, 0.05) is 35.6 Å². The minimum atomic E-state index is 0.348. The van der Waals surface area contributed by atoms with Crippen LogP contribution in [-0.4, -0.2) is 58.6 Å². The highest BCUT2D eigenvalue weighted by atomic mass is 32.1. The van der Waals surface area contributed by atoms with Crippen molar-refractivity contribution in [1.29, 1.82) is 0 Å². The average Bonchev–Trinajstić information content (AvgIpc) is 3.20. The van der Waals surface area contributed by atoms with Crippen molar-refractivity contribution in [2.75, 3.05) is 33.3 Å². The summed E-state index contributed by atoms with van der Waals surface area (Å²) in [6.45, 7) is 8.05. The fraction of sp³-hybridized carbons (Fsp3) is 0.667.